The summed E-state index contributed by atoms with van der Waals surface area (Å²) in [5, 5.41) is 17.1. The summed E-state index contributed by atoms with van der Waals surface area (Å²) < 4.78 is 11.4. The van der Waals surface area contributed by atoms with Crippen LogP contribution >= 0.6 is 0 Å². The number of carbonyl (C=O) groups is 2. The zero-order chi connectivity index (χ0) is 24.5. The Bertz CT molecular complexity index is 1200. The first-order chi connectivity index (χ1) is 17.1. The van der Waals surface area contributed by atoms with Gasteiger partial charge in [0.1, 0.15) is 6.04 Å². The molecule has 1 fully saturated rings. The lowest BCUT2D eigenvalue weighted by molar-refractivity contribution is -0.143. The molecule has 180 valence electrons. The van der Waals surface area contributed by atoms with Gasteiger partial charge in [0, 0.05) is 5.69 Å². The highest BCUT2D eigenvalue weighted by Gasteiger charge is 2.44. The number of amides is 2. The number of ether oxygens (including phenoxy) is 2. The number of nitriles is 1. The minimum Gasteiger partial charge on any atom is -0.433 e. The topological polar surface area (TPSA) is 100 Å². The molecular weight excluding hydrogens is 442 g/mol. The third-order valence-electron chi connectivity index (χ3n) is 6.22. The number of nitrogens with zero attached hydrogens (tertiary/aromatic N) is 1. The predicted molar refractivity (Wildman–Crippen MR) is 134 cm³/mol. The minimum absolute atomic E-state index is 0.0382. The molecule has 0 aliphatic heterocycles. The van der Waals surface area contributed by atoms with Crippen molar-refractivity contribution in [2.75, 3.05) is 11.9 Å². The van der Waals surface area contributed by atoms with Gasteiger partial charge in [-0.25, -0.2) is 4.79 Å². The fourth-order valence-corrected chi connectivity index (χ4v) is 4.36. The maximum absolute atomic E-state index is 13.3. The maximum atomic E-state index is 13.3. The van der Waals surface area contributed by atoms with Gasteiger partial charge in [-0.3, -0.25) is 10.1 Å². The van der Waals surface area contributed by atoms with Crippen molar-refractivity contribution >= 4 is 28.5 Å². The lowest BCUT2D eigenvalue weighted by atomic mass is 9.83. The van der Waals surface area contributed by atoms with Crippen molar-refractivity contribution in [1.29, 1.82) is 5.26 Å². The van der Waals surface area contributed by atoms with Crippen LogP contribution in [0.15, 0.2) is 72.8 Å². The lowest BCUT2D eigenvalue weighted by Gasteiger charge is -2.35. The van der Waals surface area contributed by atoms with E-state index in [9.17, 15) is 14.9 Å². The second kappa shape index (κ2) is 11.5. The Hall–Kier alpha value is -3.89. The van der Waals surface area contributed by atoms with Gasteiger partial charge in [0.05, 0.1) is 19.3 Å². The molecule has 3 aromatic carbocycles. The largest absolute Gasteiger partial charge is 0.433 e. The summed E-state index contributed by atoms with van der Waals surface area (Å²) in [7, 11) is 0. The number of fused-ring (bicyclic) bond motifs is 1. The van der Waals surface area contributed by atoms with Crippen molar-refractivity contribution in [2.45, 2.75) is 50.4 Å². The molecule has 0 bridgehead atoms. The van der Waals surface area contributed by atoms with E-state index in [4.69, 9.17) is 9.47 Å². The summed E-state index contributed by atoms with van der Waals surface area (Å²) in [5.41, 5.74) is 0.255. The van der Waals surface area contributed by atoms with E-state index in [0.29, 0.717) is 25.1 Å². The van der Waals surface area contributed by atoms with Crippen molar-refractivity contribution in [3.63, 3.8) is 0 Å². The van der Waals surface area contributed by atoms with Gasteiger partial charge in [-0.15, -0.1) is 0 Å². The van der Waals surface area contributed by atoms with Gasteiger partial charge >= 0.3 is 6.09 Å². The summed E-state index contributed by atoms with van der Waals surface area (Å²) in [4.78, 5) is 26.1. The van der Waals surface area contributed by atoms with Gasteiger partial charge in [-0.1, -0.05) is 67.1 Å². The zero-order valence-electron chi connectivity index (χ0n) is 19.5. The van der Waals surface area contributed by atoms with E-state index in [1.165, 1.54) is 0 Å². The molecule has 0 saturated heterocycles. The molecule has 1 unspecified atom stereocenters. The first kappa shape index (κ1) is 24.2. The van der Waals surface area contributed by atoms with E-state index in [0.717, 1.165) is 35.6 Å². The molecule has 35 heavy (non-hydrogen) atoms. The number of rotatable bonds is 8. The van der Waals surface area contributed by atoms with Gasteiger partial charge in [-0.05, 0) is 54.2 Å². The van der Waals surface area contributed by atoms with Crippen molar-refractivity contribution < 1.29 is 19.1 Å². The molecule has 1 saturated carbocycles. The molecule has 1 atom stereocenters. The van der Waals surface area contributed by atoms with Gasteiger partial charge in [0.25, 0.3) is 5.91 Å². The summed E-state index contributed by atoms with van der Waals surface area (Å²) >= 11 is 0. The van der Waals surface area contributed by atoms with Crippen LogP contribution in [0, 0.1) is 11.3 Å². The monoisotopic (exact) mass is 471 g/mol. The van der Waals surface area contributed by atoms with E-state index in [-0.39, 0.29) is 6.61 Å². The highest BCUT2D eigenvalue weighted by molar-refractivity contribution is 5.94. The molecule has 0 spiro atoms. The van der Waals surface area contributed by atoms with Gasteiger partial charge in [0.2, 0.25) is 0 Å². The number of benzene rings is 3. The Labute approximate surface area is 205 Å². The molecule has 4 rings (SSSR count). The Morgan fingerprint density at radius 2 is 1.66 bits per heavy atom. The molecule has 3 aromatic rings. The Kier molecular flexibility index (Phi) is 7.96. The lowest BCUT2D eigenvalue weighted by Crippen LogP contribution is -2.54. The van der Waals surface area contributed by atoms with Crippen LogP contribution in [-0.2, 0) is 20.9 Å². The van der Waals surface area contributed by atoms with Crippen LogP contribution in [0.5, 0.6) is 0 Å². The van der Waals surface area contributed by atoms with Crippen molar-refractivity contribution in [1.82, 2.24) is 5.32 Å². The van der Waals surface area contributed by atoms with Crippen LogP contribution in [0.2, 0.25) is 0 Å². The van der Waals surface area contributed by atoms with Crippen LogP contribution in [0.4, 0.5) is 10.5 Å². The molecule has 1 aliphatic carbocycles. The van der Waals surface area contributed by atoms with Gasteiger partial charge in [-0.2, -0.15) is 5.26 Å². The van der Waals surface area contributed by atoms with Crippen LogP contribution in [0.1, 0.15) is 37.7 Å². The van der Waals surface area contributed by atoms with E-state index < -0.39 is 23.6 Å². The normalized spacial score (nSPS) is 15.5. The van der Waals surface area contributed by atoms with Crippen LogP contribution in [0.25, 0.3) is 10.8 Å². The molecule has 0 radical (unpaired) electrons. The minimum atomic E-state index is -1.31. The summed E-state index contributed by atoms with van der Waals surface area (Å²) in [6.07, 6.45) is 2.62. The number of hydrogen-bond acceptors (Lipinski definition) is 5. The fraction of sp³-hybridized carbons (Fsp3) is 0.321. The van der Waals surface area contributed by atoms with Gasteiger partial charge in [0.15, 0.2) is 5.60 Å². The quantitative estimate of drug-likeness (QED) is 0.463. The SMILES string of the molecule is N#CC(COCc1ccccc1)NC(=O)C1(OC(=O)Nc2ccc3ccccc3c2)CCCCC1. The van der Waals surface area contributed by atoms with E-state index in [2.05, 4.69) is 16.7 Å². The Morgan fingerprint density at radius 1 is 0.943 bits per heavy atom. The van der Waals surface area contributed by atoms with Crippen molar-refractivity contribution in [3.8, 4) is 6.07 Å². The molecule has 2 N–H and O–H groups in total. The number of hydrogen-bond donors (Lipinski definition) is 2. The molecule has 0 aromatic heterocycles. The van der Waals surface area contributed by atoms with Crippen LogP contribution < -0.4 is 10.6 Å². The Morgan fingerprint density at radius 3 is 2.40 bits per heavy atom. The number of nitrogens with one attached hydrogen (secondary N) is 2. The van der Waals surface area contributed by atoms with E-state index >= 15 is 0 Å². The molecule has 2 amide bonds. The molecule has 1 aliphatic rings. The summed E-state index contributed by atoms with van der Waals surface area (Å²) in [5.74, 6) is -0.458. The predicted octanol–water partition coefficient (Wildman–Crippen LogP) is 5.32. The van der Waals surface area contributed by atoms with Crippen molar-refractivity contribution in [3.05, 3.63) is 78.4 Å². The van der Waals surface area contributed by atoms with E-state index in [1.807, 2.05) is 66.7 Å². The number of anilines is 1. The van der Waals surface area contributed by atoms with Gasteiger partial charge < -0.3 is 14.8 Å². The second-order valence-corrected chi connectivity index (χ2v) is 8.79. The average Bonchev–Trinajstić information content (AvgIpc) is 2.89. The first-order valence-electron chi connectivity index (χ1n) is 11.9. The number of carbonyl (C=O) groups excluding carboxylic acids is 2. The molecule has 7 heteroatoms. The highest BCUT2D eigenvalue weighted by atomic mass is 16.6. The Balaban J connectivity index is 1.38. The third-order valence-corrected chi connectivity index (χ3v) is 6.22. The molecule has 7 nitrogen and oxygen atoms in total. The summed E-state index contributed by atoms with van der Waals surface area (Å²) in [6.45, 7) is 0.376. The van der Waals surface area contributed by atoms with E-state index in [1.54, 1.807) is 6.07 Å². The first-order valence-corrected chi connectivity index (χ1v) is 11.9. The second-order valence-electron chi connectivity index (χ2n) is 8.79. The standard InChI is InChI=1S/C28H29N3O4/c29-18-25(20-34-19-21-9-3-1-4-10-21)30-26(32)28(15-7-2-8-16-28)35-27(33)31-24-14-13-22-11-5-6-12-23(22)17-24/h1,3-6,9-14,17,25H,2,7-8,15-16,19-20H2,(H,30,32)(H,31,33). The van der Waals surface area contributed by atoms with Crippen LogP contribution in [-0.4, -0.2) is 30.3 Å². The van der Waals surface area contributed by atoms with Crippen LogP contribution in [0.3, 0.4) is 0 Å². The fourth-order valence-electron chi connectivity index (χ4n) is 4.36. The third kappa shape index (κ3) is 6.37. The highest BCUT2D eigenvalue weighted by Crippen LogP contribution is 2.33. The smallest absolute Gasteiger partial charge is 0.412 e. The maximum Gasteiger partial charge on any atom is 0.412 e. The molecule has 0 heterocycles. The summed E-state index contributed by atoms with van der Waals surface area (Å²) in [6, 6.07) is 24.2. The average molecular weight is 472 g/mol. The van der Waals surface area contributed by atoms with Crippen molar-refractivity contribution in [2.24, 2.45) is 0 Å². The molecular formula is C28H29N3O4. The zero-order valence-corrected chi connectivity index (χ0v) is 19.5.